The van der Waals surface area contributed by atoms with Gasteiger partial charge in [-0.2, -0.15) is 0 Å². The molecule has 0 heterocycles. The Bertz CT molecular complexity index is 784. The molecule has 3 aromatic rings. The highest BCUT2D eigenvalue weighted by molar-refractivity contribution is 6.30. The zero-order chi connectivity index (χ0) is 17.5. The molecule has 0 fully saturated rings. The van der Waals surface area contributed by atoms with Crippen LogP contribution in [0.25, 0.3) is 0 Å². The normalized spacial score (nSPS) is 10.2. The Balaban J connectivity index is 0.00000243. The van der Waals surface area contributed by atoms with E-state index in [4.69, 9.17) is 16.3 Å². The number of aryl methyl sites for hydroxylation is 1. The molecule has 3 rings (SSSR count). The molecular formula is C22H23Cl2NO. The van der Waals surface area contributed by atoms with Crippen LogP contribution in [0.3, 0.4) is 0 Å². The van der Waals surface area contributed by atoms with Crippen molar-refractivity contribution in [3.05, 3.63) is 100 Å². The van der Waals surface area contributed by atoms with E-state index >= 15 is 0 Å². The maximum atomic E-state index is 5.89. The maximum Gasteiger partial charge on any atom is 0.119 e. The molecule has 0 aliphatic carbocycles. The standard InChI is InChI=1S/C22H22ClNO.ClH/c1-17-2-4-18(5-3-17)14-24-15-19-8-12-22(13-9-19)25-16-20-6-10-21(23)11-7-20;/h2-13,24H,14-16H2,1H3;1H. The molecule has 0 unspecified atom stereocenters. The van der Waals surface area contributed by atoms with E-state index < -0.39 is 0 Å². The Hall–Kier alpha value is -2.00. The van der Waals surface area contributed by atoms with Crippen LogP contribution in [-0.4, -0.2) is 0 Å². The molecule has 0 amide bonds. The van der Waals surface area contributed by atoms with Gasteiger partial charge in [-0.05, 0) is 47.9 Å². The van der Waals surface area contributed by atoms with Gasteiger partial charge in [0.25, 0.3) is 0 Å². The van der Waals surface area contributed by atoms with Gasteiger partial charge in [-0.3, -0.25) is 0 Å². The number of ether oxygens (including phenoxy) is 1. The molecule has 0 saturated heterocycles. The molecule has 0 saturated carbocycles. The van der Waals surface area contributed by atoms with Gasteiger partial charge in [-0.25, -0.2) is 0 Å². The average Bonchev–Trinajstić information content (AvgIpc) is 2.64. The molecule has 3 aromatic carbocycles. The lowest BCUT2D eigenvalue weighted by atomic mass is 10.1. The van der Waals surface area contributed by atoms with Crippen LogP contribution in [0.15, 0.2) is 72.8 Å². The van der Waals surface area contributed by atoms with Crippen LogP contribution in [0.4, 0.5) is 0 Å². The molecule has 136 valence electrons. The quantitative estimate of drug-likeness (QED) is 0.541. The minimum Gasteiger partial charge on any atom is -0.489 e. The summed E-state index contributed by atoms with van der Waals surface area (Å²) in [5, 5.41) is 4.21. The fourth-order valence-corrected chi connectivity index (χ4v) is 2.63. The second kappa shape index (κ2) is 10.2. The van der Waals surface area contributed by atoms with Gasteiger partial charge in [0.15, 0.2) is 0 Å². The summed E-state index contributed by atoms with van der Waals surface area (Å²) < 4.78 is 5.81. The van der Waals surface area contributed by atoms with Crippen molar-refractivity contribution in [2.24, 2.45) is 0 Å². The van der Waals surface area contributed by atoms with E-state index in [1.165, 1.54) is 16.7 Å². The lowest BCUT2D eigenvalue weighted by molar-refractivity contribution is 0.306. The van der Waals surface area contributed by atoms with E-state index in [-0.39, 0.29) is 12.4 Å². The first-order valence-corrected chi connectivity index (χ1v) is 8.79. The van der Waals surface area contributed by atoms with E-state index in [0.29, 0.717) is 6.61 Å². The maximum absolute atomic E-state index is 5.89. The summed E-state index contributed by atoms with van der Waals surface area (Å²) in [5.41, 5.74) is 4.94. The number of halogens is 2. The minimum atomic E-state index is 0. The summed E-state index contributed by atoms with van der Waals surface area (Å²) in [6.45, 7) is 4.36. The predicted octanol–water partition coefficient (Wildman–Crippen LogP) is 5.94. The van der Waals surface area contributed by atoms with Crippen molar-refractivity contribution >= 4 is 24.0 Å². The van der Waals surface area contributed by atoms with Gasteiger partial charge in [-0.15, -0.1) is 12.4 Å². The number of benzene rings is 3. The lowest BCUT2D eigenvalue weighted by Gasteiger charge is -2.09. The largest absolute Gasteiger partial charge is 0.489 e. The van der Waals surface area contributed by atoms with Crippen molar-refractivity contribution in [3.8, 4) is 5.75 Å². The average molecular weight is 388 g/mol. The fraction of sp³-hybridized carbons (Fsp3) is 0.182. The molecule has 0 aliphatic rings. The first kappa shape index (κ1) is 20.3. The van der Waals surface area contributed by atoms with Gasteiger partial charge < -0.3 is 10.1 Å². The Labute approximate surface area is 166 Å². The number of hydrogen-bond acceptors (Lipinski definition) is 2. The van der Waals surface area contributed by atoms with Gasteiger partial charge in [-0.1, -0.05) is 65.7 Å². The van der Waals surface area contributed by atoms with Crippen molar-refractivity contribution in [3.63, 3.8) is 0 Å². The molecule has 26 heavy (non-hydrogen) atoms. The smallest absolute Gasteiger partial charge is 0.119 e. The van der Waals surface area contributed by atoms with Gasteiger partial charge in [0.05, 0.1) is 0 Å². The molecule has 0 atom stereocenters. The second-order valence-electron chi connectivity index (χ2n) is 6.15. The van der Waals surface area contributed by atoms with Crippen molar-refractivity contribution < 1.29 is 4.74 Å². The highest BCUT2D eigenvalue weighted by Crippen LogP contribution is 2.16. The van der Waals surface area contributed by atoms with Crippen molar-refractivity contribution in [1.29, 1.82) is 0 Å². The summed E-state index contributed by atoms with van der Waals surface area (Å²) in [7, 11) is 0. The van der Waals surface area contributed by atoms with Crippen LogP contribution in [0, 0.1) is 6.92 Å². The van der Waals surface area contributed by atoms with E-state index in [9.17, 15) is 0 Å². The van der Waals surface area contributed by atoms with E-state index in [0.717, 1.165) is 29.4 Å². The molecular weight excluding hydrogens is 365 g/mol. The monoisotopic (exact) mass is 387 g/mol. The van der Waals surface area contributed by atoms with E-state index in [2.05, 4.69) is 48.6 Å². The fourth-order valence-electron chi connectivity index (χ4n) is 2.51. The van der Waals surface area contributed by atoms with Crippen LogP contribution in [0.5, 0.6) is 5.75 Å². The summed E-state index contributed by atoms with van der Waals surface area (Å²) in [4.78, 5) is 0. The van der Waals surface area contributed by atoms with E-state index in [1.54, 1.807) is 0 Å². The Morgan fingerprint density at radius 3 is 1.81 bits per heavy atom. The first-order chi connectivity index (χ1) is 12.2. The molecule has 0 aliphatic heterocycles. The Morgan fingerprint density at radius 1 is 0.731 bits per heavy atom. The molecule has 0 bridgehead atoms. The number of rotatable bonds is 7. The zero-order valence-corrected chi connectivity index (χ0v) is 16.3. The Kier molecular flexibility index (Phi) is 7.99. The summed E-state index contributed by atoms with van der Waals surface area (Å²) in [5.74, 6) is 0.872. The predicted molar refractivity (Wildman–Crippen MR) is 111 cm³/mol. The van der Waals surface area contributed by atoms with Crippen LogP contribution < -0.4 is 10.1 Å². The van der Waals surface area contributed by atoms with E-state index in [1.807, 2.05) is 36.4 Å². The van der Waals surface area contributed by atoms with Crippen molar-refractivity contribution in [2.75, 3.05) is 0 Å². The highest BCUT2D eigenvalue weighted by Gasteiger charge is 1.99. The van der Waals surface area contributed by atoms with Gasteiger partial charge in [0.2, 0.25) is 0 Å². The topological polar surface area (TPSA) is 21.3 Å². The second-order valence-corrected chi connectivity index (χ2v) is 6.58. The van der Waals surface area contributed by atoms with Gasteiger partial charge >= 0.3 is 0 Å². The number of hydrogen-bond donors (Lipinski definition) is 1. The highest BCUT2D eigenvalue weighted by atomic mass is 35.5. The van der Waals surface area contributed by atoms with Crippen LogP contribution in [-0.2, 0) is 19.7 Å². The molecule has 0 radical (unpaired) electrons. The molecule has 0 aromatic heterocycles. The first-order valence-electron chi connectivity index (χ1n) is 8.41. The SMILES string of the molecule is Cc1ccc(CNCc2ccc(OCc3ccc(Cl)cc3)cc2)cc1.Cl. The summed E-state index contributed by atoms with van der Waals surface area (Å²) in [6, 6.07) is 24.5. The Morgan fingerprint density at radius 2 is 1.23 bits per heavy atom. The molecule has 4 heteroatoms. The van der Waals surface area contributed by atoms with Crippen molar-refractivity contribution in [1.82, 2.24) is 5.32 Å². The van der Waals surface area contributed by atoms with Gasteiger partial charge in [0.1, 0.15) is 12.4 Å². The third-order valence-corrected chi connectivity index (χ3v) is 4.27. The molecule has 0 spiro atoms. The van der Waals surface area contributed by atoms with Crippen LogP contribution in [0.2, 0.25) is 5.02 Å². The lowest BCUT2D eigenvalue weighted by Crippen LogP contribution is -2.12. The molecule has 1 N–H and O–H groups in total. The summed E-state index contributed by atoms with van der Waals surface area (Å²) >= 11 is 5.89. The molecule has 2 nitrogen and oxygen atoms in total. The summed E-state index contributed by atoms with van der Waals surface area (Å²) in [6.07, 6.45) is 0. The van der Waals surface area contributed by atoms with Gasteiger partial charge in [0, 0.05) is 18.1 Å². The zero-order valence-electron chi connectivity index (χ0n) is 14.7. The van der Waals surface area contributed by atoms with Crippen molar-refractivity contribution in [2.45, 2.75) is 26.6 Å². The minimum absolute atomic E-state index is 0. The number of nitrogens with one attached hydrogen (secondary N) is 1. The third-order valence-electron chi connectivity index (χ3n) is 4.02. The van der Waals surface area contributed by atoms with Crippen LogP contribution >= 0.6 is 24.0 Å². The van der Waals surface area contributed by atoms with Crippen LogP contribution in [0.1, 0.15) is 22.3 Å². The third kappa shape index (κ3) is 6.38.